The van der Waals surface area contributed by atoms with Gasteiger partial charge in [-0.15, -0.1) is 0 Å². The Labute approximate surface area is 237 Å². The highest BCUT2D eigenvalue weighted by Crippen LogP contribution is 2.37. The van der Waals surface area contributed by atoms with Crippen LogP contribution in [0.15, 0.2) is 66.7 Å². The number of halogens is 7. The van der Waals surface area contributed by atoms with Crippen molar-refractivity contribution in [2.75, 3.05) is 44.7 Å². The molecule has 6 nitrogen and oxygen atoms in total. The Balaban J connectivity index is 1.55. The van der Waals surface area contributed by atoms with Gasteiger partial charge in [0.25, 0.3) is 0 Å². The summed E-state index contributed by atoms with van der Waals surface area (Å²) in [6, 6.07) is 13.6. The molecule has 0 aromatic heterocycles. The van der Waals surface area contributed by atoms with Crippen molar-refractivity contribution in [1.82, 2.24) is 9.80 Å². The molecule has 3 aromatic rings. The van der Waals surface area contributed by atoms with Gasteiger partial charge in [-0.05, 0) is 60.2 Å². The molecule has 220 valence electrons. The summed E-state index contributed by atoms with van der Waals surface area (Å²) in [7, 11) is 0. The van der Waals surface area contributed by atoms with Crippen LogP contribution in [0.1, 0.15) is 16.7 Å². The van der Waals surface area contributed by atoms with Crippen LogP contribution < -0.4 is 10.1 Å². The number of urea groups is 1. The molecule has 3 aromatic carbocycles. The van der Waals surface area contributed by atoms with E-state index in [1.165, 1.54) is 4.90 Å². The van der Waals surface area contributed by atoms with Crippen LogP contribution in [0.5, 0.6) is 11.5 Å². The molecule has 1 aliphatic rings. The number of anilines is 1. The van der Waals surface area contributed by atoms with Crippen molar-refractivity contribution < 1.29 is 40.6 Å². The Hall–Kier alpha value is -3.48. The summed E-state index contributed by atoms with van der Waals surface area (Å²) in [5.41, 5.74) is -3.02. The minimum atomic E-state index is -5.04. The predicted molar refractivity (Wildman–Crippen MR) is 141 cm³/mol. The van der Waals surface area contributed by atoms with E-state index in [9.17, 15) is 31.1 Å². The molecular weight excluding hydrogens is 576 g/mol. The number of nitrogens with one attached hydrogen (secondary N) is 1. The van der Waals surface area contributed by atoms with Gasteiger partial charge in [-0.1, -0.05) is 23.7 Å². The molecule has 1 heterocycles. The predicted octanol–water partition coefficient (Wildman–Crippen LogP) is 7.54. The molecule has 1 saturated heterocycles. The van der Waals surface area contributed by atoms with Crippen molar-refractivity contribution in [3.63, 3.8) is 0 Å². The Morgan fingerprint density at radius 1 is 0.902 bits per heavy atom. The molecule has 0 atom stereocenters. The molecule has 4 rings (SSSR count). The van der Waals surface area contributed by atoms with Crippen molar-refractivity contribution in [1.29, 1.82) is 0 Å². The molecule has 1 N–H and O–H groups in total. The number of ether oxygens (including phenoxy) is 2. The fourth-order valence-corrected chi connectivity index (χ4v) is 4.26. The molecule has 0 unspecified atom stereocenters. The van der Waals surface area contributed by atoms with Gasteiger partial charge < -0.3 is 19.7 Å². The highest BCUT2D eigenvalue weighted by atomic mass is 35.5. The van der Waals surface area contributed by atoms with Gasteiger partial charge in [0.15, 0.2) is 0 Å². The lowest BCUT2D eigenvalue weighted by Gasteiger charge is -2.30. The first-order valence-corrected chi connectivity index (χ1v) is 12.9. The highest BCUT2D eigenvalue weighted by molar-refractivity contribution is 6.30. The molecule has 2 amide bonds. The molecule has 0 bridgehead atoms. The largest absolute Gasteiger partial charge is 0.457 e. The van der Waals surface area contributed by atoms with Crippen LogP contribution in [0, 0.1) is 0 Å². The maximum Gasteiger partial charge on any atom is 0.416 e. The van der Waals surface area contributed by atoms with Gasteiger partial charge in [0.1, 0.15) is 11.5 Å². The first-order chi connectivity index (χ1) is 19.4. The van der Waals surface area contributed by atoms with Gasteiger partial charge >= 0.3 is 18.4 Å². The maximum atomic E-state index is 13.3. The van der Waals surface area contributed by atoms with Gasteiger partial charge in [-0.3, -0.25) is 4.90 Å². The minimum Gasteiger partial charge on any atom is -0.457 e. The van der Waals surface area contributed by atoms with E-state index in [0.717, 1.165) is 0 Å². The average molecular weight is 602 g/mol. The van der Waals surface area contributed by atoms with Crippen LogP contribution in [0.3, 0.4) is 0 Å². The second kappa shape index (κ2) is 13.0. The second-order valence-corrected chi connectivity index (χ2v) is 9.74. The zero-order valence-corrected chi connectivity index (χ0v) is 22.3. The van der Waals surface area contributed by atoms with Gasteiger partial charge in [0, 0.05) is 43.4 Å². The van der Waals surface area contributed by atoms with Crippen LogP contribution in [0.2, 0.25) is 5.02 Å². The number of hydrogen-bond donors (Lipinski definition) is 1. The maximum absolute atomic E-state index is 13.3. The van der Waals surface area contributed by atoms with Crippen molar-refractivity contribution >= 4 is 23.3 Å². The van der Waals surface area contributed by atoms with E-state index >= 15 is 0 Å². The fourth-order valence-electron chi connectivity index (χ4n) is 4.14. The van der Waals surface area contributed by atoms with E-state index in [0.29, 0.717) is 67.1 Å². The number of benzene rings is 3. The number of carbonyl (C=O) groups is 1. The molecule has 0 saturated carbocycles. The number of morpholine rings is 1. The van der Waals surface area contributed by atoms with Gasteiger partial charge in [-0.25, -0.2) is 4.79 Å². The van der Waals surface area contributed by atoms with Crippen LogP contribution in [-0.4, -0.2) is 55.2 Å². The van der Waals surface area contributed by atoms with E-state index in [1.54, 1.807) is 48.5 Å². The lowest BCUT2D eigenvalue weighted by Crippen LogP contribution is -2.44. The zero-order chi connectivity index (χ0) is 29.6. The summed E-state index contributed by atoms with van der Waals surface area (Å²) in [5, 5.41) is 2.77. The van der Waals surface area contributed by atoms with E-state index in [2.05, 4.69) is 10.2 Å². The van der Waals surface area contributed by atoms with Crippen LogP contribution in [0.25, 0.3) is 0 Å². The summed E-state index contributed by atoms with van der Waals surface area (Å²) in [5.74, 6) is 0.990. The van der Waals surface area contributed by atoms with Gasteiger partial charge in [0.2, 0.25) is 0 Å². The SMILES string of the molecule is O=C(Nc1cc(C(F)(F)F)cc(C(F)(F)F)c1)N(CCN1CCOCC1)Cc1cccc(Oc2ccc(Cl)cc2)c1. The average Bonchev–Trinajstić information content (AvgIpc) is 2.92. The van der Waals surface area contributed by atoms with Gasteiger partial charge in [0.05, 0.1) is 24.3 Å². The van der Waals surface area contributed by atoms with Crippen LogP contribution in [0.4, 0.5) is 36.8 Å². The van der Waals surface area contributed by atoms with Crippen molar-refractivity contribution in [3.8, 4) is 11.5 Å². The summed E-state index contributed by atoms with van der Waals surface area (Å²) >= 11 is 5.91. The van der Waals surface area contributed by atoms with Crippen molar-refractivity contribution in [2.24, 2.45) is 0 Å². The van der Waals surface area contributed by atoms with Crippen molar-refractivity contribution in [3.05, 3.63) is 88.4 Å². The molecule has 0 spiro atoms. The number of hydrogen-bond acceptors (Lipinski definition) is 4. The summed E-state index contributed by atoms with van der Waals surface area (Å²) in [6.45, 7) is 2.87. The molecular formula is C28H26ClF6N3O3. The smallest absolute Gasteiger partial charge is 0.416 e. The first kappa shape index (κ1) is 30.5. The topological polar surface area (TPSA) is 54.0 Å². The minimum absolute atomic E-state index is 0.0119. The molecule has 41 heavy (non-hydrogen) atoms. The Bertz CT molecular complexity index is 1300. The summed E-state index contributed by atoms with van der Waals surface area (Å²) in [4.78, 5) is 16.7. The Kier molecular flexibility index (Phi) is 9.67. The van der Waals surface area contributed by atoms with Crippen LogP contribution in [-0.2, 0) is 23.6 Å². The fraction of sp³-hybridized carbons (Fsp3) is 0.321. The lowest BCUT2D eigenvalue weighted by molar-refractivity contribution is -0.143. The molecule has 13 heteroatoms. The molecule has 0 radical (unpaired) electrons. The monoisotopic (exact) mass is 601 g/mol. The third-order valence-electron chi connectivity index (χ3n) is 6.24. The normalized spacial score (nSPS) is 14.5. The summed E-state index contributed by atoms with van der Waals surface area (Å²) in [6.07, 6.45) is -10.1. The highest BCUT2D eigenvalue weighted by Gasteiger charge is 2.37. The Morgan fingerprint density at radius 2 is 1.54 bits per heavy atom. The quantitative estimate of drug-likeness (QED) is 0.271. The van der Waals surface area contributed by atoms with Gasteiger partial charge in [-0.2, -0.15) is 26.3 Å². The summed E-state index contributed by atoms with van der Waals surface area (Å²) < 4.78 is 91.2. The third kappa shape index (κ3) is 9.00. The third-order valence-corrected chi connectivity index (χ3v) is 6.49. The lowest BCUT2D eigenvalue weighted by atomic mass is 10.1. The second-order valence-electron chi connectivity index (χ2n) is 9.30. The number of nitrogens with zero attached hydrogens (tertiary/aromatic N) is 2. The Morgan fingerprint density at radius 3 is 2.15 bits per heavy atom. The standard InChI is InChI=1S/C28H26ClF6N3O3/c29-22-4-6-24(7-5-22)41-25-3-1-2-19(14-25)18-38(9-8-37-10-12-40-13-11-37)26(39)36-23-16-20(27(30,31)32)15-21(17-23)28(33,34)35/h1-7,14-17H,8-13,18H2,(H,36,39). The number of alkyl halides is 6. The van der Waals surface area contributed by atoms with E-state index in [1.807, 2.05) is 0 Å². The first-order valence-electron chi connectivity index (χ1n) is 12.5. The van der Waals surface area contributed by atoms with E-state index < -0.39 is 35.2 Å². The molecule has 1 fully saturated rings. The number of rotatable bonds is 8. The molecule has 1 aliphatic heterocycles. The van der Waals surface area contributed by atoms with Crippen LogP contribution >= 0.6 is 11.6 Å². The number of carbonyl (C=O) groups excluding carboxylic acids is 1. The van der Waals surface area contributed by atoms with E-state index in [-0.39, 0.29) is 19.2 Å². The van der Waals surface area contributed by atoms with E-state index in [4.69, 9.17) is 21.1 Å². The number of amides is 2. The molecule has 0 aliphatic carbocycles. The van der Waals surface area contributed by atoms with Crippen molar-refractivity contribution in [2.45, 2.75) is 18.9 Å². The zero-order valence-electron chi connectivity index (χ0n) is 21.6.